The zero-order chi connectivity index (χ0) is 21.8. The number of thioether (sulfide) groups is 1. The number of nitrogen functional groups attached to an aromatic ring is 1. The van der Waals surface area contributed by atoms with Crippen molar-refractivity contribution >= 4 is 34.2 Å². The molecule has 0 radical (unpaired) electrons. The minimum atomic E-state index is -0.315. The van der Waals surface area contributed by atoms with Crippen LogP contribution in [-0.4, -0.2) is 57.2 Å². The summed E-state index contributed by atoms with van der Waals surface area (Å²) in [6, 6.07) is 8.02. The second kappa shape index (κ2) is 9.40. The van der Waals surface area contributed by atoms with E-state index in [2.05, 4.69) is 26.4 Å². The van der Waals surface area contributed by atoms with Crippen LogP contribution in [0.25, 0.3) is 5.57 Å². The highest BCUT2D eigenvalue weighted by Gasteiger charge is 2.34. The van der Waals surface area contributed by atoms with Gasteiger partial charge in [0.25, 0.3) is 5.91 Å². The first-order chi connectivity index (χ1) is 15.0. The van der Waals surface area contributed by atoms with E-state index in [4.69, 9.17) is 5.73 Å². The third-order valence-corrected chi connectivity index (χ3v) is 6.19. The van der Waals surface area contributed by atoms with Gasteiger partial charge in [-0.25, -0.2) is 14.4 Å². The van der Waals surface area contributed by atoms with E-state index in [1.54, 1.807) is 23.2 Å². The molecule has 1 aliphatic heterocycles. The van der Waals surface area contributed by atoms with Crippen LogP contribution in [0.15, 0.2) is 59.7 Å². The number of carbonyl (C=O) groups excluding carboxylic acids is 1. The fraction of sp³-hybridized carbons (Fsp3) is 0.273. The molecule has 0 spiro atoms. The monoisotopic (exact) mass is 438 g/mol. The van der Waals surface area contributed by atoms with Crippen molar-refractivity contribution in [3.63, 3.8) is 0 Å². The van der Waals surface area contributed by atoms with E-state index in [-0.39, 0.29) is 29.0 Å². The van der Waals surface area contributed by atoms with Crippen LogP contribution in [0.2, 0.25) is 0 Å². The first-order valence-electron chi connectivity index (χ1n) is 9.95. The van der Waals surface area contributed by atoms with Crippen molar-refractivity contribution in [2.75, 3.05) is 25.9 Å². The molecule has 1 aromatic heterocycles. The highest BCUT2D eigenvalue weighted by atomic mass is 32.2. The standard InChI is InChI=1S/C22H23FN6OS/c1-25-9-10-29(13-14-3-2-4-16(23)11-14)21(30)20-27-18-6-5-15(12-19(18)31-20)17-7-8-26-22(24)28-17/h2-8,11-12,18-19,25H,9-10,13H2,1H3,(H2,24,26,28). The number of aliphatic imine (C=N–C) groups is 1. The molecular weight excluding hydrogens is 415 g/mol. The molecule has 2 aromatic rings. The predicted molar refractivity (Wildman–Crippen MR) is 122 cm³/mol. The van der Waals surface area contributed by atoms with Crippen molar-refractivity contribution in [1.82, 2.24) is 20.2 Å². The number of amides is 1. The smallest absolute Gasteiger partial charge is 0.279 e. The number of halogens is 1. The number of likely N-dealkylation sites (N-methyl/N-ethyl adjacent to an activating group) is 1. The molecular formula is C22H23FN6OS. The van der Waals surface area contributed by atoms with Crippen molar-refractivity contribution in [2.45, 2.75) is 17.8 Å². The van der Waals surface area contributed by atoms with Crippen molar-refractivity contribution < 1.29 is 9.18 Å². The molecule has 2 aliphatic rings. The Balaban J connectivity index is 1.50. The molecule has 2 unspecified atom stereocenters. The minimum absolute atomic E-state index is 0.00968. The molecule has 0 bridgehead atoms. The number of anilines is 1. The third kappa shape index (κ3) is 5.00. The number of carbonyl (C=O) groups is 1. The summed E-state index contributed by atoms with van der Waals surface area (Å²) in [5.41, 5.74) is 8.11. The molecule has 1 aliphatic carbocycles. The van der Waals surface area contributed by atoms with Gasteiger partial charge in [-0.2, -0.15) is 0 Å². The predicted octanol–water partition coefficient (Wildman–Crippen LogP) is 2.28. The van der Waals surface area contributed by atoms with Gasteiger partial charge in [-0.05, 0) is 36.4 Å². The SMILES string of the molecule is CNCCN(Cc1cccc(F)c1)C(=O)C1=NC2C=CC(c3ccnc(N)n3)=CC2S1. The number of hydrogen-bond donors (Lipinski definition) is 2. The maximum absolute atomic E-state index is 13.6. The Bertz CT molecular complexity index is 1070. The van der Waals surface area contributed by atoms with Gasteiger partial charge in [0.1, 0.15) is 5.82 Å². The second-order valence-electron chi connectivity index (χ2n) is 7.25. The Labute approximate surface area is 184 Å². The molecule has 2 heterocycles. The van der Waals surface area contributed by atoms with E-state index in [0.717, 1.165) is 16.8 Å². The van der Waals surface area contributed by atoms with E-state index >= 15 is 0 Å². The average Bonchev–Trinajstić information content (AvgIpc) is 3.19. The fourth-order valence-corrected chi connectivity index (χ4v) is 4.63. The molecule has 4 rings (SSSR count). The highest BCUT2D eigenvalue weighted by Crippen LogP contribution is 2.35. The topological polar surface area (TPSA) is 96.5 Å². The summed E-state index contributed by atoms with van der Waals surface area (Å²) in [7, 11) is 1.83. The Hall–Kier alpha value is -3.04. The van der Waals surface area contributed by atoms with Crippen LogP contribution in [0.5, 0.6) is 0 Å². The van der Waals surface area contributed by atoms with Gasteiger partial charge in [-0.15, -0.1) is 0 Å². The molecule has 3 N–H and O–H groups in total. The van der Waals surface area contributed by atoms with Gasteiger partial charge in [-0.1, -0.05) is 42.1 Å². The van der Waals surface area contributed by atoms with Gasteiger partial charge in [-0.3, -0.25) is 9.79 Å². The zero-order valence-electron chi connectivity index (χ0n) is 17.0. The number of fused-ring (bicyclic) bond motifs is 1. The quantitative estimate of drug-likeness (QED) is 0.689. The van der Waals surface area contributed by atoms with Crippen molar-refractivity contribution in [3.8, 4) is 0 Å². The van der Waals surface area contributed by atoms with Crippen LogP contribution in [0, 0.1) is 5.82 Å². The van der Waals surface area contributed by atoms with Crippen LogP contribution < -0.4 is 11.1 Å². The molecule has 1 aromatic carbocycles. The fourth-order valence-electron chi connectivity index (χ4n) is 3.46. The van der Waals surface area contributed by atoms with Crippen molar-refractivity contribution in [1.29, 1.82) is 0 Å². The van der Waals surface area contributed by atoms with Gasteiger partial charge in [0, 0.05) is 25.8 Å². The van der Waals surface area contributed by atoms with Crippen molar-refractivity contribution in [2.24, 2.45) is 4.99 Å². The molecule has 0 saturated heterocycles. The Morgan fingerprint density at radius 2 is 2.23 bits per heavy atom. The number of hydrogen-bond acceptors (Lipinski definition) is 7. The summed E-state index contributed by atoms with van der Waals surface area (Å²) in [5.74, 6) is -0.239. The average molecular weight is 439 g/mol. The summed E-state index contributed by atoms with van der Waals surface area (Å²) >= 11 is 1.44. The lowest BCUT2D eigenvalue weighted by atomic mass is 10.0. The molecule has 2 atom stereocenters. The first kappa shape index (κ1) is 21.2. The first-order valence-corrected chi connectivity index (χ1v) is 10.8. The maximum atomic E-state index is 13.6. The summed E-state index contributed by atoms with van der Waals surface area (Å²) < 4.78 is 13.6. The molecule has 1 amide bonds. The van der Waals surface area contributed by atoms with Crippen LogP contribution in [0.1, 0.15) is 11.3 Å². The third-order valence-electron chi connectivity index (χ3n) is 5.00. The van der Waals surface area contributed by atoms with Crippen LogP contribution in [0.3, 0.4) is 0 Å². The number of benzene rings is 1. The summed E-state index contributed by atoms with van der Waals surface area (Å²) in [4.78, 5) is 27.8. The van der Waals surface area contributed by atoms with E-state index < -0.39 is 0 Å². The number of aromatic nitrogens is 2. The number of nitrogens with zero attached hydrogens (tertiary/aromatic N) is 4. The lowest BCUT2D eigenvalue weighted by molar-refractivity contribution is -0.124. The second-order valence-corrected chi connectivity index (χ2v) is 8.42. The van der Waals surface area contributed by atoms with Gasteiger partial charge < -0.3 is 16.0 Å². The highest BCUT2D eigenvalue weighted by molar-refractivity contribution is 8.16. The molecule has 0 saturated carbocycles. The number of rotatable bonds is 7. The Kier molecular flexibility index (Phi) is 6.43. The summed E-state index contributed by atoms with van der Waals surface area (Å²) in [6.07, 6.45) is 7.62. The Morgan fingerprint density at radius 1 is 1.35 bits per heavy atom. The maximum Gasteiger partial charge on any atom is 0.279 e. The van der Waals surface area contributed by atoms with E-state index in [1.807, 2.05) is 25.3 Å². The number of nitrogens with two attached hydrogens (primary N) is 1. The largest absolute Gasteiger partial charge is 0.368 e. The molecule has 31 heavy (non-hydrogen) atoms. The number of allylic oxidation sites excluding steroid dienone is 2. The van der Waals surface area contributed by atoms with Gasteiger partial charge in [0.05, 0.1) is 17.0 Å². The van der Waals surface area contributed by atoms with E-state index in [0.29, 0.717) is 24.7 Å². The Morgan fingerprint density at radius 3 is 3.00 bits per heavy atom. The van der Waals surface area contributed by atoms with Gasteiger partial charge in [0.15, 0.2) is 5.04 Å². The van der Waals surface area contributed by atoms with Crippen LogP contribution in [-0.2, 0) is 11.3 Å². The zero-order valence-corrected chi connectivity index (χ0v) is 17.8. The summed E-state index contributed by atoms with van der Waals surface area (Å²) in [5, 5.41) is 3.54. The molecule has 9 heteroatoms. The van der Waals surface area contributed by atoms with E-state index in [9.17, 15) is 9.18 Å². The molecule has 0 fully saturated rings. The number of nitrogens with one attached hydrogen (secondary N) is 1. The molecule has 7 nitrogen and oxygen atoms in total. The van der Waals surface area contributed by atoms with E-state index in [1.165, 1.54) is 23.9 Å². The summed E-state index contributed by atoms with van der Waals surface area (Å²) in [6.45, 7) is 1.45. The van der Waals surface area contributed by atoms with Gasteiger partial charge >= 0.3 is 0 Å². The van der Waals surface area contributed by atoms with Crippen LogP contribution >= 0.6 is 11.8 Å². The normalized spacial score (nSPS) is 19.5. The minimum Gasteiger partial charge on any atom is -0.368 e. The lowest BCUT2D eigenvalue weighted by Crippen LogP contribution is -2.38. The lowest BCUT2D eigenvalue weighted by Gasteiger charge is -2.22. The van der Waals surface area contributed by atoms with Gasteiger partial charge in [0.2, 0.25) is 5.95 Å². The van der Waals surface area contributed by atoms with Crippen molar-refractivity contribution in [3.05, 3.63) is 71.8 Å². The molecule has 160 valence electrons. The van der Waals surface area contributed by atoms with Crippen LogP contribution in [0.4, 0.5) is 10.3 Å².